The summed E-state index contributed by atoms with van der Waals surface area (Å²) in [5, 5.41) is 7.32. The van der Waals surface area contributed by atoms with Crippen molar-refractivity contribution in [3.05, 3.63) is 24.0 Å². The lowest BCUT2D eigenvalue weighted by atomic mass is 10.2. The molecule has 70 valence electrons. The zero-order valence-corrected chi connectivity index (χ0v) is 8.36. The van der Waals surface area contributed by atoms with Gasteiger partial charge in [-0.25, -0.2) is 0 Å². The standard InChI is InChI=1S/C8H12N2.C2H3N/c1-10(2)7-8-3-5-9-6-4-8;1-2-3/h3,5-7H,4H2,1-2H3;1H3. The average Bonchev–Trinajstić information content (AvgIpc) is 2.06. The molecule has 1 rings (SSSR count). The molecule has 0 N–H and O–H groups in total. The van der Waals surface area contributed by atoms with E-state index in [4.69, 9.17) is 5.26 Å². The van der Waals surface area contributed by atoms with Gasteiger partial charge >= 0.3 is 0 Å². The van der Waals surface area contributed by atoms with E-state index >= 15 is 0 Å². The van der Waals surface area contributed by atoms with E-state index in [0.29, 0.717) is 0 Å². The Kier molecular flexibility index (Phi) is 6.26. The minimum absolute atomic E-state index is 0.953. The quantitative estimate of drug-likeness (QED) is 0.614. The molecule has 0 aliphatic carbocycles. The van der Waals surface area contributed by atoms with Gasteiger partial charge in [-0.05, 0) is 11.6 Å². The van der Waals surface area contributed by atoms with Crippen molar-refractivity contribution in [2.45, 2.75) is 13.3 Å². The lowest BCUT2D eigenvalue weighted by Gasteiger charge is -2.07. The molecular weight excluding hydrogens is 162 g/mol. The van der Waals surface area contributed by atoms with Crippen LogP contribution in [0, 0.1) is 11.3 Å². The summed E-state index contributed by atoms with van der Waals surface area (Å²) in [5.41, 5.74) is 1.31. The van der Waals surface area contributed by atoms with Crippen molar-refractivity contribution >= 4 is 6.21 Å². The highest BCUT2D eigenvalue weighted by molar-refractivity contribution is 5.65. The van der Waals surface area contributed by atoms with Gasteiger partial charge in [-0.3, -0.25) is 4.99 Å². The minimum Gasteiger partial charge on any atom is -0.383 e. The van der Waals surface area contributed by atoms with Crippen molar-refractivity contribution in [3.8, 4) is 6.07 Å². The molecule has 0 saturated carbocycles. The fraction of sp³-hybridized carbons (Fsp3) is 0.400. The molecular formula is C10H15N3. The average molecular weight is 177 g/mol. The van der Waals surface area contributed by atoms with E-state index in [1.54, 1.807) is 6.07 Å². The molecule has 3 nitrogen and oxygen atoms in total. The first-order valence-corrected chi connectivity index (χ1v) is 4.07. The van der Waals surface area contributed by atoms with Gasteiger partial charge in [-0.2, -0.15) is 5.26 Å². The molecule has 1 aliphatic heterocycles. The Morgan fingerprint density at radius 3 is 2.62 bits per heavy atom. The highest BCUT2D eigenvalue weighted by Crippen LogP contribution is 2.05. The van der Waals surface area contributed by atoms with Crippen LogP contribution in [0.25, 0.3) is 0 Å². The number of hydrogen-bond acceptors (Lipinski definition) is 3. The highest BCUT2D eigenvalue weighted by atomic mass is 15.0. The van der Waals surface area contributed by atoms with Crippen molar-refractivity contribution in [2.24, 2.45) is 4.99 Å². The maximum atomic E-state index is 7.32. The summed E-state index contributed by atoms with van der Waals surface area (Å²) >= 11 is 0. The number of rotatable bonds is 1. The van der Waals surface area contributed by atoms with E-state index in [1.807, 2.05) is 37.5 Å². The van der Waals surface area contributed by atoms with Gasteiger partial charge in [0.15, 0.2) is 0 Å². The van der Waals surface area contributed by atoms with Crippen LogP contribution in [-0.2, 0) is 0 Å². The van der Waals surface area contributed by atoms with Gasteiger partial charge in [0, 0.05) is 46.1 Å². The molecule has 0 atom stereocenters. The Balaban J connectivity index is 0.000000424. The molecule has 0 saturated heterocycles. The molecule has 3 heteroatoms. The van der Waals surface area contributed by atoms with Gasteiger partial charge in [0.2, 0.25) is 0 Å². The third kappa shape index (κ3) is 6.82. The zero-order chi connectivity index (χ0) is 10.1. The summed E-state index contributed by atoms with van der Waals surface area (Å²) < 4.78 is 0. The number of hydrogen-bond donors (Lipinski definition) is 0. The van der Waals surface area contributed by atoms with Crippen LogP contribution in [0.1, 0.15) is 13.3 Å². The minimum atomic E-state index is 0.953. The molecule has 0 fully saturated rings. The Morgan fingerprint density at radius 2 is 2.23 bits per heavy atom. The van der Waals surface area contributed by atoms with Crippen LogP contribution in [0.3, 0.4) is 0 Å². The number of aliphatic imine (C=N–C) groups is 1. The summed E-state index contributed by atoms with van der Waals surface area (Å²) in [6, 6.07) is 1.75. The first kappa shape index (κ1) is 11.4. The first-order valence-electron chi connectivity index (χ1n) is 4.07. The molecule has 0 aromatic heterocycles. The summed E-state index contributed by atoms with van der Waals surface area (Å²) in [7, 11) is 4.04. The van der Waals surface area contributed by atoms with Crippen molar-refractivity contribution in [2.75, 3.05) is 14.1 Å². The summed E-state index contributed by atoms with van der Waals surface area (Å²) in [5.74, 6) is 0. The van der Waals surface area contributed by atoms with Gasteiger partial charge in [-0.1, -0.05) is 0 Å². The van der Waals surface area contributed by atoms with E-state index < -0.39 is 0 Å². The van der Waals surface area contributed by atoms with Crippen LogP contribution in [0.15, 0.2) is 29.0 Å². The van der Waals surface area contributed by atoms with E-state index in [0.717, 1.165) is 6.42 Å². The Morgan fingerprint density at radius 1 is 1.62 bits per heavy atom. The third-order valence-electron chi connectivity index (χ3n) is 1.23. The lowest BCUT2D eigenvalue weighted by molar-refractivity contribution is 0.559. The van der Waals surface area contributed by atoms with Crippen molar-refractivity contribution in [1.82, 2.24) is 4.90 Å². The highest BCUT2D eigenvalue weighted by Gasteiger charge is 1.93. The SMILES string of the molecule is CC#N.CN(C)C=C1C=CN=CC1. The van der Waals surface area contributed by atoms with E-state index in [2.05, 4.69) is 11.2 Å². The fourth-order valence-electron chi connectivity index (χ4n) is 0.853. The van der Waals surface area contributed by atoms with Crippen LogP contribution in [0.2, 0.25) is 0 Å². The van der Waals surface area contributed by atoms with Crippen LogP contribution < -0.4 is 0 Å². The monoisotopic (exact) mass is 177 g/mol. The largest absolute Gasteiger partial charge is 0.383 e. The fourth-order valence-corrected chi connectivity index (χ4v) is 0.853. The summed E-state index contributed by atoms with van der Waals surface area (Å²) in [6.45, 7) is 1.43. The van der Waals surface area contributed by atoms with Crippen molar-refractivity contribution in [1.29, 1.82) is 5.26 Å². The van der Waals surface area contributed by atoms with Crippen LogP contribution in [-0.4, -0.2) is 25.2 Å². The maximum absolute atomic E-state index is 7.32. The van der Waals surface area contributed by atoms with E-state index in [-0.39, 0.29) is 0 Å². The Hall–Kier alpha value is -1.56. The molecule has 0 bridgehead atoms. The smallest absolute Gasteiger partial charge is 0.0587 e. The van der Waals surface area contributed by atoms with Gasteiger partial charge in [-0.15, -0.1) is 0 Å². The van der Waals surface area contributed by atoms with Crippen LogP contribution in [0.5, 0.6) is 0 Å². The molecule has 13 heavy (non-hydrogen) atoms. The molecule has 0 aromatic carbocycles. The molecule has 0 spiro atoms. The second-order valence-electron chi connectivity index (χ2n) is 2.74. The predicted octanol–water partition coefficient (Wildman–Crippen LogP) is 1.95. The number of nitrogens with zero attached hydrogens (tertiary/aromatic N) is 3. The lowest BCUT2D eigenvalue weighted by Crippen LogP contribution is -2.03. The summed E-state index contributed by atoms with van der Waals surface area (Å²) in [6.07, 6.45) is 8.81. The van der Waals surface area contributed by atoms with Gasteiger partial charge in [0.05, 0.1) is 6.07 Å². The maximum Gasteiger partial charge on any atom is 0.0587 e. The molecule has 0 unspecified atom stereocenters. The number of nitriles is 1. The van der Waals surface area contributed by atoms with Crippen LogP contribution in [0.4, 0.5) is 0 Å². The second-order valence-corrected chi connectivity index (χ2v) is 2.74. The molecule has 0 radical (unpaired) electrons. The van der Waals surface area contributed by atoms with Crippen LogP contribution >= 0.6 is 0 Å². The van der Waals surface area contributed by atoms with E-state index in [9.17, 15) is 0 Å². The summed E-state index contributed by atoms with van der Waals surface area (Å²) in [4.78, 5) is 6.01. The van der Waals surface area contributed by atoms with E-state index in [1.165, 1.54) is 12.5 Å². The van der Waals surface area contributed by atoms with Crippen molar-refractivity contribution in [3.63, 3.8) is 0 Å². The third-order valence-corrected chi connectivity index (χ3v) is 1.23. The Bertz CT molecular complexity index is 254. The van der Waals surface area contributed by atoms with Gasteiger partial charge in [0.1, 0.15) is 0 Å². The normalized spacial score (nSPS) is 16.0. The molecule has 0 aromatic rings. The van der Waals surface area contributed by atoms with Gasteiger partial charge in [0.25, 0.3) is 0 Å². The van der Waals surface area contributed by atoms with Crippen molar-refractivity contribution < 1.29 is 0 Å². The first-order chi connectivity index (χ1) is 6.20. The second kappa shape index (κ2) is 7.11. The predicted molar refractivity (Wildman–Crippen MR) is 55.3 cm³/mol. The Labute approximate surface area is 79.7 Å². The van der Waals surface area contributed by atoms with Gasteiger partial charge < -0.3 is 4.90 Å². The zero-order valence-electron chi connectivity index (χ0n) is 8.36. The topological polar surface area (TPSA) is 39.4 Å². The molecule has 1 heterocycles. The molecule has 0 amide bonds. The molecule has 1 aliphatic rings. The number of allylic oxidation sites excluding steroid dienone is 2.